The number of fused-ring (bicyclic) bond motifs is 1. The van der Waals surface area contributed by atoms with Crippen LogP contribution in [0.1, 0.15) is 70.0 Å². The number of hydrogen-bond donors (Lipinski definition) is 4. The number of hydrogen-bond acceptors (Lipinski definition) is 6. The van der Waals surface area contributed by atoms with E-state index in [2.05, 4.69) is 5.32 Å². The van der Waals surface area contributed by atoms with Crippen molar-refractivity contribution in [2.24, 2.45) is 0 Å². The number of carboxylic acids is 2. The average molecular weight is 518 g/mol. The quantitative estimate of drug-likeness (QED) is 0.260. The van der Waals surface area contributed by atoms with E-state index in [0.29, 0.717) is 17.5 Å². The van der Waals surface area contributed by atoms with Gasteiger partial charge in [-0.15, -0.1) is 0 Å². The number of ether oxygens (including phenoxy) is 1. The summed E-state index contributed by atoms with van der Waals surface area (Å²) in [4.78, 5) is 47.5. The molecule has 1 heterocycles. The van der Waals surface area contributed by atoms with Crippen LogP contribution in [0.2, 0.25) is 5.02 Å². The molecule has 2 unspecified atom stereocenters. The number of halogens is 1. The molecule has 36 heavy (non-hydrogen) atoms. The molecular formula is C26H28ClNO8. The Morgan fingerprint density at radius 3 is 2.42 bits per heavy atom. The topological polar surface area (TPSA) is 150 Å². The molecule has 4 N–H and O–H groups in total. The Hall–Kier alpha value is -3.59. The van der Waals surface area contributed by atoms with Gasteiger partial charge in [-0.2, -0.15) is 0 Å². The van der Waals surface area contributed by atoms with E-state index in [1.807, 2.05) is 12.1 Å². The van der Waals surface area contributed by atoms with Crippen LogP contribution in [0.5, 0.6) is 5.75 Å². The van der Waals surface area contributed by atoms with Crippen molar-refractivity contribution >= 4 is 35.4 Å². The molecule has 0 saturated carbocycles. The molecule has 0 radical (unpaired) electrons. The van der Waals surface area contributed by atoms with Crippen LogP contribution in [-0.4, -0.2) is 51.3 Å². The first-order chi connectivity index (χ1) is 17.1. The van der Waals surface area contributed by atoms with Gasteiger partial charge in [0.2, 0.25) is 0 Å². The monoisotopic (exact) mass is 517 g/mol. The third-order valence-corrected chi connectivity index (χ3v) is 6.36. The Balaban J connectivity index is 1.66. The number of carboxylic acid groups (broad SMARTS) is 2. The van der Waals surface area contributed by atoms with Gasteiger partial charge in [-0.3, -0.25) is 9.59 Å². The molecule has 0 aromatic heterocycles. The highest BCUT2D eigenvalue weighted by Gasteiger charge is 2.33. The lowest BCUT2D eigenvalue weighted by molar-refractivity contribution is -0.139. The van der Waals surface area contributed by atoms with Crippen LogP contribution in [0, 0.1) is 0 Å². The predicted molar refractivity (Wildman–Crippen MR) is 131 cm³/mol. The number of carbonyl (C=O) groups is 4. The molecule has 10 heteroatoms. The standard InChI is InChI=1S/C26H28ClNO8/c1-14-11-17-19(27)13-18(23(31)22(17)26(35)36-14)24(32)28-20(25(33)34)12-16-9-7-15(8-10-16)5-3-2-4-6-21(29)30/h7-10,13-14,20,31H,2-6,11-12H2,1H3,(H,28,32)(H,29,30)(H,33,34). The zero-order valence-electron chi connectivity index (χ0n) is 19.8. The van der Waals surface area contributed by atoms with Crippen LogP contribution in [0.15, 0.2) is 30.3 Å². The van der Waals surface area contributed by atoms with Gasteiger partial charge in [0.1, 0.15) is 23.5 Å². The summed E-state index contributed by atoms with van der Waals surface area (Å²) in [5.41, 5.74) is 1.61. The van der Waals surface area contributed by atoms with E-state index < -0.39 is 41.7 Å². The Morgan fingerprint density at radius 1 is 1.11 bits per heavy atom. The van der Waals surface area contributed by atoms with Crippen molar-refractivity contribution in [1.82, 2.24) is 5.32 Å². The van der Waals surface area contributed by atoms with Crippen molar-refractivity contribution in [3.8, 4) is 5.75 Å². The van der Waals surface area contributed by atoms with Crippen LogP contribution >= 0.6 is 11.6 Å². The minimum atomic E-state index is -1.29. The van der Waals surface area contributed by atoms with Crippen LogP contribution in [0.25, 0.3) is 0 Å². The number of amides is 1. The van der Waals surface area contributed by atoms with Gasteiger partial charge in [0.05, 0.1) is 5.56 Å². The molecular weight excluding hydrogens is 490 g/mol. The average Bonchev–Trinajstić information content (AvgIpc) is 2.81. The van der Waals surface area contributed by atoms with Crippen LogP contribution in [-0.2, 0) is 33.6 Å². The number of aromatic hydroxyl groups is 1. The number of aryl methyl sites for hydroxylation is 1. The second-order valence-corrected chi connectivity index (χ2v) is 9.27. The second kappa shape index (κ2) is 11.9. The summed E-state index contributed by atoms with van der Waals surface area (Å²) in [6.07, 6.45) is 3.06. The first-order valence-electron chi connectivity index (χ1n) is 11.7. The van der Waals surface area contributed by atoms with Crippen molar-refractivity contribution in [3.05, 3.63) is 63.2 Å². The summed E-state index contributed by atoms with van der Waals surface area (Å²) < 4.78 is 5.13. The van der Waals surface area contributed by atoms with Gasteiger partial charge in [0.25, 0.3) is 5.91 Å². The number of carbonyl (C=O) groups excluding carboxylic acids is 2. The Bertz CT molecular complexity index is 1160. The van der Waals surface area contributed by atoms with E-state index in [1.165, 1.54) is 6.07 Å². The SMILES string of the molecule is CC1Cc2c(Cl)cc(C(=O)NC(Cc3ccc(CCCCCC(=O)O)cc3)C(=O)O)c(O)c2C(=O)O1. The number of nitrogens with one attached hydrogen (secondary N) is 1. The minimum absolute atomic E-state index is 0.00104. The van der Waals surface area contributed by atoms with Crippen molar-refractivity contribution in [2.45, 2.75) is 64.0 Å². The fraction of sp³-hybridized carbons (Fsp3) is 0.385. The highest BCUT2D eigenvalue weighted by molar-refractivity contribution is 6.32. The molecule has 0 aliphatic carbocycles. The molecule has 0 bridgehead atoms. The Morgan fingerprint density at radius 2 is 1.78 bits per heavy atom. The number of phenols is 1. The van der Waals surface area contributed by atoms with Crippen LogP contribution in [0.4, 0.5) is 0 Å². The fourth-order valence-electron chi connectivity index (χ4n) is 4.14. The maximum absolute atomic E-state index is 12.9. The van der Waals surface area contributed by atoms with Gasteiger partial charge < -0.3 is 25.4 Å². The molecule has 192 valence electrons. The van der Waals surface area contributed by atoms with Crippen molar-refractivity contribution in [1.29, 1.82) is 0 Å². The Labute approximate surface area is 213 Å². The molecule has 9 nitrogen and oxygen atoms in total. The van der Waals surface area contributed by atoms with Crippen LogP contribution < -0.4 is 5.32 Å². The fourth-order valence-corrected chi connectivity index (χ4v) is 4.42. The normalized spacial score (nSPS) is 15.5. The maximum Gasteiger partial charge on any atom is 0.342 e. The zero-order chi connectivity index (χ0) is 26.4. The maximum atomic E-state index is 12.9. The Kier molecular flexibility index (Phi) is 8.93. The lowest BCUT2D eigenvalue weighted by Crippen LogP contribution is -2.42. The van der Waals surface area contributed by atoms with E-state index in [-0.39, 0.29) is 35.4 Å². The van der Waals surface area contributed by atoms with Gasteiger partial charge in [0.15, 0.2) is 0 Å². The summed E-state index contributed by atoms with van der Waals surface area (Å²) in [6, 6.07) is 7.23. The summed E-state index contributed by atoms with van der Waals surface area (Å²) in [5, 5.41) is 31.4. The van der Waals surface area contributed by atoms with Crippen LogP contribution in [0.3, 0.4) is 0 Å². The molecule has 0 saturated heterocycles. The van der Waals surface area contributed by atoms with E-state index in [0.717, 1.165) is 24.8 Å². The largest absolute Gasteiger partial charge is 0.506 e. The van der Waals surface area contributed by atoms with Gasteiger partial charge in [-0.25, -0.2) is 9.59 Å². The predicted octanol–water partition coefficient (Wildman–Crippen LogP) is 3.76. The molecule has 0 spiro atoms. The van der Waals surface area contributed by atoms with E-state index in [1.54, 1.807) is 19.1 Å². The van der Waals surface area contributed by atoms with Gasteiger partial charge in [0, 0.05) is 24.3 Å². The molecule has 2 aromatic rings. The van der Waals surface area contributed by atoms with E-state index in [4.69, 9.17) is 21.4 Å². The summed E-state index contributed by atoms with van der Waals surface area (Å²) >= 11 is 6.26. The smallest absolute Gasteiger partial charge is 0.342 e. The highest BCUT2D eigenvalue weighted by atomic mass is 35.5. The minimum Gasteiger partial charge on any atom is -0.506 e. The molecule has 1 aliphatic heterocycles. The van der Waals surface area contributed by atoms with Crippen molar-refractivity contribution < 1.29 is 39.2 Å². The molecule has 0 fully saturated rings. The molecule has 1 amide bonds. The van der Waals surface area contributed by atoms with Gasteiger partial charge in [-0.05, 0) is 48.9 Å². The lowest BCUT2D eigenvalue weighted by Gasteiger charge is -2.24. The third kappa shape index (κ3) is 6.75. The number of cyclic esters (lactones) is 1. The summed E-state index contributed by atoms with van der Waals surface area (Å²) in [7, 11) is 0. The summed E-state index contributed by atoms with van der Waals surface area (Å²) in [5.74, 6) is -4.34. The van der Waals surface area contributed by atoms with Gasteiger partial charge in [-0.1, -0.05) is 42.3 Å². The number of phenolic OH excluding ortho intramolecular Hbond substituents is 1. The number of unbranched alkanes of at least 4 members (excludes halogenated alkanes) is 2. The van der Waals surface area contributed by atoms with Crippen molar-refractivity contribution in [3.63, 3.8) is 0 Å². The third-order valence-electron chi connectivity index (χ3n) is 6.02. The van der Waals surface area contributed by atoms with E-state index in [9.17, 15) is 29.4 Å². The number of benzene rings is 2. The highest BCUT2D eigenvalue weighted by Crippen LogP contribution is 2.36. The molecule has 1 aliphatic rings. The number of rotatable bonds is 11. The zero-order valence-corrected chi connectivity index (χ0v) is 20.5. The number of aliphatic carboxylic acids is 2. The molecule has 2 aromatic carbocycles. The lowest BCUT2D eigenvalue weighted by atomic mass is 9.95. The second-order valence-electron chi connectivity index (χ2n) is 8.87. The molecule has 2 atom stereocenters. The van der Waals surface area contributed by atoms with Crippen molar-refractivity contribution in [2.75, 3.05) is 0 Å². The summed E-state index contributed by atoms with van der Waals surface area (Å²) in [6.45, 7) is 1.68. The first kappa shape index (κ1) is 27.0. The number of esters is 1. The van der Waals surface area contributed by atoms with Gasteiger partial charge >= 0.3 is 17.9 Å². The first-order valence-corrected chi connectivity index (χ1v) is 12.0. The molecule has 3 rings (SSSR count). The van der Waals surface area contributed by atoms with E-state index >= 15 is 0 Å².